The molecular formula is C26H25N5O4S. The highest BCUT2D eigenvalue weighted by atomic mass is 32.2. The van der Waals surface area contributed by atoms with E-state index in [9.17, 15) is 14.4 Å². The zero-order valence-electron chi connectivity index (χ0n) is 19.7. The Kier molecular flexibility index (Phi) is 6.33. The zero-order chi connectivity index (χ0) is 25.3. The van der Waals surface area contributed by atoms with Crippen LogP contribution in [0.5, 0.6) is 5.75 Å². The SMILES string of the molecule is COc1ccc2c(c1)C(=O)N(C[C@@]1(C#Cc3ccc(C(=N)N4CCSCC4)cc3)NC(=O)NC1=O)C2. The summed E-state index contributed by atoms with van der Waals surface area (Å²) in [6, 6.07) is 11.9. The Morgan fingerprint density at radius 3 is 2.56 bits per heavy atom. The number of amidine groups is 1. The number of nitrogens with one attached hydrogen (secondary N) is 3. The van der Waals surface area contributed by atoms with Gasteiger partial charge >= 0.3 is 6.03 Å². The van der Waals surface area contributed by atoms with Crippen LogP contribution >= 0.6 is 11.8 Å². The molecule has 2 aromatic carbocycles. The maximum atomic E-state index is 13.0. The van der Waals surface area contributed by atoms with Crippen LogP contribution in [0.1, 0.15) is 27.0 Å². The second kappa shape index (κ2) is 9.59. The molecule has 3 N–H and O–H groups in total. The molecule has 0 radical (unpaired) electrons. The van der Waals surface area contributed by atoms with Gasteiger partial charge in [-0.1, -0.05) is 30.0 Å². The molecule has 2 saturated heterocycles. The summed E-state index contributed by atoms with van der Waals surface area (Å²) in [6.07, 6.45) is 0. The second-order valence-electron chi connectivity index (χ2n) is 8.77. The lowest BCUT2D eigenvalue weighted by atomic mass is 9.99. The minimum absolute atomic E-state index is 0.0941. The summed E-state index contributed by atoms with van der Waals surface area (Å²) in [7, 11) is 1.53. The molecule has 10 heteroatoms. The molecule has 3 heterocycles. The molecule has 1 atom stereocenters. The molecule has 3 aliphatic heterocycles. The van der Waals surface area contributed by atoms with Crippen molar-refractivity contribution in [2.75, 3.05) is 38.2 Å². The molecule has 0 saturated carbocycles. The van der Waals surface area contributed by atoms with Crippen molar-refractivity contribution in [3.8, 4) is 17.6 Å². The van der Waals surface area contributed by atoms with Crippen LogP contribution in [0.15, 0.2) is 42.5 Å². The van der Waals surface area contributed by atoms with Gasteiger partial charge in [0.2, 0.25) is 5.54 Å². The van der Waals surface area contributed by atoms with Crippen LogP contribution in [0, 0.1) is 17.3 Å². The largest absolute Gasteiger partial charge is 0.497 e. The molecule has 36 heavy (non-hydrogen) atoms. The maximum Gasteiger partial charge on any atom is 0.323 e. The van der Waals surface area contributed by atoms with Gasteiger partial charge in [-0.3, -0.25) is 20.3 Å². The number of imide groups is 1. The predicted octanol–water partition coefficient (Wildman–Crippen LogP) is 1.66. The van der Waals surface area contributed by atoms with Crippen molar-refractivity contribution in [3.05, 3.63) is 64.7 Å². The monoisotopic (exact) mass is 503 g/mol. The van der Waals surface area contributed by atoms with E-state index >= 15 is 0 Å². The van der Waals surface area contributed by atoms with Crippen molar-refractivity contribution in [2.45, 2.75) is 12.1 Å². The van der Waals surface area contributed by atoms with Gasteiger partial charge in [-0.2, -0.15) is 11.8 Å². The standard InChI is InChI=1S/C26H25N5O4S/c1-35-20-7-6-19-15-31(23(32)21(19)14-20)16-26(24(33)28-25(34)29-26)9-8-17-2-4-18(5-3-17)22(27)30-10-12-36-13-11-30/h2-7,14,27H,10-13,15-16H2,1H3,(H2,28,29,33,34)/t26-/m1/s1. The molecule has 0 aliphatic carbocycles. The highest BCUT2D eigenvalue weighted by Gasteiger charge is 2.48. The van der Waals surface area contributed by atoms with Crippen molar-refractivity contribution in [2.24, 2.45) is 0 Å². The van der Waals surface area contributed by atoms with Crippen molar-refractivity contribution in [3.63, 3.8) is 0 Å². The van der Waals surface area contributed by atoms with Crippen LogP contribution in [-0.4, -0.2) is 77.3 Å². The van der Waals surface area contributed by atoms with E-state index < -0.39 is 17.5 Å². The van der Waals surface area contributed by atoms with Crippen LogP contribution < -0.4 is 15.4 Å². The van der Waals surface area contributed by atoms with E-state index in [1.54, 1.807) is 24.3 Å². The number of carbonyl (C=O) groups is 3. The van der Waals surface area contributed by atoms with Crippen molar-refractivity contribution in [1.82, 2.24) is 20.4 Å². The third-order valence-corrected chi connectivity index (χ3v) is 7.41. The molecule has 0 unspecified atom stereocenters. The van der Waals surface area contributed by atoms with E-state index in [0.29, 0.717) is 29.3 Å². The fourth-order valence-electron chi connectivity index (χ4n) is 4.47. The summed E-state index contributed by atoms with van der Waals surface area (Å²) in [5.41, 5.74) is 1.18. The Morgan fingerprint density at radius 2 is 1.89 bits per heavy atom. The topological polar surface area (TPSA) is 115 Å². The molecule has 2 fully saturated rings. The van der Waals surface area contributed by atoms with Crippen molar-refractivity contribution in [1.29, 1.82) is 5.41 Å². The lowest BCUT2D eigenvalue weighted by molar-refractivity contribution is -0.122. The van der Waals surface area contributed by atoms with Gasteiger partial charge < -0.3 is 19.9 Å². The van der Waals surface area contributed by atoms with Crippen LogP contribution in [0.3, 0.4) is 0 Å². The van der Waals surface area contributed by atoms with Crippen molar-refractivity contribution >= 4 is 35.4 Å². The Labute approximate surface area is 213 Å². The molecule has 5 rings (SSSR count). The summed E-state index contributed by atoms with van der Waals surface area (Å²) < 4.78 is 5.22. The van der Waals surface area contributed by atoms with Gasteiger partial charge in [0.05, 0.1) is 13.7 Å². The van der Waals surface area contributed by atoms with Gasteiger partial charge in [0.25, 0.3) is 11.8 Å². The summed E-state index contributed by atoms with van der Waals surface area (Å²) in [5, 5.41) is 13.3. The summed E-state index contributed by atoms with van der Waals surface area (Å²) in [6.45, 7) is 1.92. The number of nitrogens with zero attached hydrogens (tertiary/aromatic N) is 2. The molecule has 4 amide bonds. The lowest BCUT2D eigenvalue weighted by Gasteiger charge is -2.28. The molecular weight excluding hydrogens is 478 g/mol. The van der Waals surface area contributed by atoms with Gasteiger partial charge in [-0.25, -0.2) is 4.79 Å². The Morgan fingerprint density at radius 1 is 1.14 bits per heavy atom. The van der Waals surface area contributed by atoms with Crippen LogP contribution in [0.2, 0.25) is 0 Å². The minimum Gasteiger partial charge on any atom is -0.497 e. The average Bonchev–Trinajstić information content (AvgIpc) is 3.36. The quantitative estimate of drug-likeness (QED) is 0.253. The first-order chi connectivity index (χ1) is 17.4. The van der Waals surface area contributed by atoms with E-state index in [1.165, 1.54) is 12.0 Å². The van der Waals surface area contributed by atoms with Gasteiger partial charge in [0.1, 0.15) is 11.6 Å². The Hall–Kier alpha value is -3.97. The fourth-order valence-corrected chi connectivity index (χ4v) is 5.37. The summed E-state index contributed by atoms with van der Waals surface area (Å²) >= 11 is 1.89. The van der Waals surface area contributed by atoms with E-state index in [2.05, 4.69) is 27.4 Å². The maximum absolute atomic E-state index is 13.0. The number of carbonyl (C=O) groups excluding carboxylic acids is 3. The summed E-state index contributed by atoms with van der Waals surface area (Å²) in [5.74, 6) is 8.14. The number of rotatable bonds is 4. The van der Waals surface area contributed by atoms with Gasteiger partial charge in [0, 0.05) is 47.8 Å². The van der Waals surface area contributed by atoms with Crippen LogP contribution in [-0.2, 0) is 11.3 Å². The normalized spacial score (nSPS) is 20.9. The molecule has 2 aromatic rings. The molecule has 0 aromatic heterocycles. The molecule has 3 aliphatic rings. The number of hydrogen-bond acceptors (Lipinski definition) is 6. The van der Waals surface area contributed by atoms with Crippen molar-refractivity contribution < 1.29 is 19.1 Å². The lowest BCUT2D eigenvalue weighted by Crippen LogP contribution is -2.54. The van der Waals surface area contributed by atoms with Crippen LogP contribution in [0.4, 0.5) is 4.79 Å². The number of thioether (sulfide) groups is 1. The first-order valence-corrected chi connectivity index (χ1v) is 12.7. The highest BCUT2D eigenvalue weighted by molar-refractivity contribution is 7.99. The highest BCUT2D eigenvalue weighted by Crippen LogP contribution is 2.28. The minimum atomic E-state index is -1.57. The van der Waals surface area contributed by atoms with Gasteiger partial charge in [-0.05, 0) is 29.8 Å². The Bertz CT molecular complexity index is 1310. The third-order valence-electron chi connectivity index (χ3n) is 6.47. The van der Waals surface area contributed by atoms with Gasteiger partial charge in [0.15, 0.2) is 0 Å². The van der Waals surface area contributed by atoms with E-state index in [-0.39, 0.29) is 12.5 Å². The molecule has 0 bridgehead atoms. The number of amides is 4. The average molecular weight is 504 g/mol. The van der Waals surface area contributed by atoms with E-state index in [0.717, 1.165) is 35.7 Å². The zero-order valence-corrected chi connectivity index (χ0v) is 20.5. The first-order valence-electron chi connectivity index (χ1n) is 11.5. The fraction of sp³-hybridized carbons (Fsp3) is 0.308. The summed E-state index contributed by atoms with van der Waals surface area (Å²) in [4.78, 5) is 41.5. The number of fused-ring (bicyclic) bond motifs is 1. The smallest absolute Gasteiger partial charge is 0.323 e. The first kappa shape index (κ1) is 23.8. The number of ether oxygens (including phenoxy) is 1. The Balaban J connectivity index is 1.36. The van der Waals surface area contributed by atoms with Crippen LogP contribution in [0.25, 0.3) is 0 Å². The third kappa shape index (κ3) is 4.50. The number of methoxy groups -OCH3 is 1. The molecule has 9 nitrogen and oxygen atoms in total. The van der Waals surface area contributed by atoms with E-state index in [1.807, 2.05) is 30.0 Å². The van der Waals surface area contributed by atoms with Gasteiger partial charge in [-0.15, -0.1) is 0 Å². The number of hydrogen-bond donors (Lipinski definition) is 3. The number of benzene rings is 2. The number of urea groups is 1. The molecule has 184 valence electrons. The molecule has 0 spiro atoms. The predicted molar refractivity (Wildman–Crippen MR) is 136 cm³/mol. The second-order valence-corrected chi connectivity index (χ2v) is 10.00. The van der Waals surface area contributed by atoms with E-state index in [4.69, 9.17) is 10.1 Å².